The number of aromatic nitrogens is 2. The molecule has 0 saturated carbocycles. The van der Waals surface area contributed by atoms with Crippen molar-refractivity contribution in [3.05, 3.63) is 48.4 Å². The van der Waals surface area contributed by atoms with E-state index < -0.39 is 5.95 Å². The van der Waals surface area contributed by atoms with Gasteiger partial charge in [-0.2, -0.15) is 4.39 Å². The third-order valence-electron chi connectivity index (χ3n) is 3.99. The Morgan fingerprint density at radius 1 is 1.09 bits per heavy atom. The van der Waals surface area contributed by atoms with Gasteiger partial charge in [-0.25, -0.2) is 4.98 Å². The summed E-state index contributed by atoms with van der Waals surface area (Å²) in [6.07, 6.45) is 0. The molecule has 112 valence electrons. The minimum absolute atomic E-state index is 0.449. The first kappa shape index (κ1) is 13.3. The molecular weight excluding hydrogens is 281 g/mol. The maximum atomic E-state index is 14.4. The van der Waals surface area contributed by atoms with Crippen LogP contribution in [-0.2, 0) is 4.74 Å². The molecule has 0 amide bonds. The third kappa shape index (κ3) is 2.33. The first-order chi connectivity index (χ1) is 10.8. The number of fused-ring (bicyclic) bond motifs is 1. The normalized spacial score (nSPS) is 15.4. The second kappa shape index (κ2) is 5.42. The van der Waals surface area contributed by atoms with Gasteiger partial charge in [-0.15, -0.1) is 0 Å². The predicted octanol–water partition coefficient (Wildman–Crippen LogP) is 3.21. The fourth-order valence-electron chi connectivity index (χ4n) is 2.81. The largest absolute Gasteiger partial charge is 0.378 e. The highest BCUT2D eigenvalue weighted by Crippen LogP contribution is 2.27. The Hall–Kier alpha value is -2.40. The molecule has 1 fully saturated rings. The summed E-state index contributed by atoms with van der Waals surface area (Å²) in [7, 11) is 0. The van der Waals surface area contributed by atoms with E-state index in [9.17, 15) is 4.39 Å². The lowest BCUT2D eigenvalue weighted by Gasteiger charge is -2.27. The zero-order chi connectivity index (χ0) is 14.9. The summed E-state index contributed by atoms with van der Waals surface area (Å²) in [5.74, 6) is 0.219. The highest BCUT2D eigenvalue weighted by atomic mass is 19.1. The number of benzene rings is 1. The van der Waals surface area contributed by atoms with Crippen LogP contribution < -0.4 is 4.90 Å². The van der Waals surface area contributed by atoms with Crippen molar-refractivity contribution in [2.75, 3.05) is 31.2 Å². The predicted molar refractivity (Wildman–Crippen MR) is 84.5 cm³/mol. The fraction of sp³-hybridized carbons (Fsp3) is 0.235. The third-order valence-corrected chi connectivity index (χ3v) is 3.99. The zero-order valence-electron chi connectivity index (χ0n) is 12.1. The Bertz CT molecular complexity index is 776. The molecule has 1 aromatic carbocycles. The Balaban J connectivity index is 1.70. The molecular formula is C17H16FN3O. The van der Waals surface area contributed by atoms with Crippen molar-refractivity contribution in [1.29, 1.82) is 0 Å². The SMILES string of the molecule is Fc1nc(N2CCOCC2)ccc1-c1cc2ccccc2[nH]1. The molecule has 1 aliphatic heterocycles. The molecule has 0 bridgehead atoms. The van der Waals surface area contributed by atoms with E-state index in [2.05, 4.69) is 9.97 Å². The molecule has 5 heteroatoms. The van der Waals surface area contributed by atoms with Crippen LogP contribution in [-0.4, -0.2) is 36.3 Å². The number of aromatic amines is 1. The number of rotatable bonds is 2. The maximum absolute atomic E-state index is 14.4. The lowest BCUT2D eigenvalue weighted by atomic mass is 10.2. The molecule has 0 atom stereocenters. The summed E-state index contributed by atoms with van der Waals surface area (Å²) in [6, 6.07) is 13.5. The smallest absolute Gasteiger partial charge is 0.224 e. The van der Waals surface area contributed by atoms with E-state index in [0.29, 0.717) is 24.6 Å². The van der Waals surface area contributed by atoms with Gasteiger partial charge in [0.05, 0.1) is 24.5 Å². The molecule has 4 rings (SSSR count). The standard InChI is InChI=1S/C17H16FN3O/c18-17-13(15-11-12-3-1-2-4-14(12)19-15)5-6-16(20-17)21-7-9-22-10-8-21/h1-6,11,19H,7-10H2. The summed E-state index contributed by atoms with van der Waals surface area (Å²) in [6.45, 7) is 2.82. The molecule has 1 aliphatic rings. The van der Waals surface area contributed by atoms with Gasteiger partial charge in [0.15, 0.2) is 0 Å². The van der Waals surface area contributed by atoms with Crippen LogP contribution in [0.25, 0.3) is 22.2 Å². The molecule has 3 aromatic rings. The average molecular weight is 297 g/mol. The number of pyridine rings is 1. The van der Waals surface area contributed by atoms with Crippen molar-refractivity contribution < 1.29 is 9.13 Å². The van der Waals surface area contributed by atoms with Crippen LogP contribution in [0.2, 0.25) is 0 Å². The van der Waals surface area contributed by atoms with Gasteiger partial charge in [-0.3, -0.25) is 0 Å². The number of nitrogens with one attached hydrogen (secondary N) is 1. The van der Waals surface area contributed by atoms with Crippen LogP contribution in [0.1, 0.15) is 0 Å². The van der Waals surface area contributed by atoms with Crippen molar-refractivity contribution in [2.45, 2.75) is 0 Å². The molecule has 0 spiro atoms. The molecule has 0 radical (unpaired) electrons. The van der Waals surface area contributed by atoms with Gasteiger partial charge in [-0.1, -0.05) is 18.2 Å². The molecule has 2 aromatic heterocycles. The summed E-state index contributed by atoms with van der Waals surface area (Å²) in [5, 5.41) is 1.06. The van der Waals surface area contributed by atoms with Crippen molar-refractivity contribution in [2.24, 2.45) is 0 Å². The molecule has 0 aliphatic carbocycles. The number of anilines is 1. The van der Waals surface area contributed by atoms with Crippen LogP contribution in [0, 0.1) is 5.95 Å². The van der Waals surface area contributed by atoms with Crippen LogP contribution in [0.3, 0.4) is 0 Å². The number of nitrogens with zero attached hydrogens (tertiary/aromatic N) is 2. The lowest BCUT2D eigenvalue weighted by molar-refractivity contribution is 0.122. The van der Waals surface area contributed by atoms with E-state index in [1.165, 1.54) is 0 Å². The van der Waals surface area contributed by atoms with Gasteiger partial charge < -0.3 is 14.6 Å². The van der Waals surface area contributed by atoms with E-state index in [0.717, 1.165) is 29.7 Å². The molecule has 3 heterocycles. The number of H-pyrrole nitrogens is 1. The molecule has 22 heavy (non-hydrogen) atoms. The monoisotopic (exact) mass is 297 g/mol. The molecule has 0 unspecified atom stereocenters. The topological polar surface area (TPSA) is 41.2 Å². The Morgan fingerprint density at radius 3 is 2.68 bits per heavy atom. The quantitative estimate of drug-likeness (QED) is 0.739. The Labute approximate surface area is 127 Å². The highest BCUT2D eigenvalue weighted by Gasteiger charge is 2.16. The average Bonchev–Trinajstić information content (AvgIpc) is 2.99. The number of hydrogen-bond donors (Lipinski definition) is 1. The van der Waals surface area contributed by atoms with E-state index in [4.69, 9.17) is 4.74 Å². The van der Waals surface area contributed by atoms with Crippen LogP contribution in [0.5, 0.6) is 0 Å². The van der Waals surface area contributed by atoms with Crippen molar-refractivity contribution in [3.8, 4) is 11.3 Å². The number of morpholine rings is 1. The van der Waals surface area contributed by atoms with Gasteiger partial charge in [0.2, 0.25) is 5.95 Å². The van der Waals surface area contributed by atoms with Crippen molar-refractivity contribution in [1.82, 2.24) is 9.97 Å². The van der Waals surface area contributed by atoms with E-state index >= 15 is 0 Å². The van der Waals surface area contributed by atoms with Gasteiger partial charge >= 0.3 is 0 Å². The number of hydrogen-bond acceptors (Lipinski definition) is 3. The first-order valence-corrected chi connectivity index (χ1v) is 7.38. The van der Waals surface area contributed by atoms with Gasteiger partial charge in [-0.05, 0) is 24.3 Å². The summed E-state index contributed by atoms with van der Waals surface area (Å²) >= 11 is 0. The van der Waals surface area contributed by atoms with Crippen molar-refractivity contribution in [3.63, 3.8) is 0 Å². The van der Waals surface area contributed by atoms with Gasteiger partial charge in [0, 0.05) is 24.0 Å². The summed E-state index contributed by atoms with van der Waals surface area (Å²) in [4.78, 5) is 9.41. The second-order valence-corrected chi connectivity index (χ2v) is 5.38. The first-order valence-electron chi connectivity index (χ1n) is 7.38. The summed E-state index contributed by atoms with van der Waals surface area (Å²) < 4.78 is 19.7. The zero-order valence-corrected chi connectivity index (χ0v) is 12.1. The van der Waals surface area contributed by atoms with E-state index in [1.807, 2.05) is 41.3 Å². The van der Waals surface area contributed by atoms with E-state index in [-0.39, 0.29) is 0 Å². The number of para-hydroxylation sites is 1. The number of halogens is 1. The molecule has 1 N–H and O–H groups in total. The second-order valence-electron chi connectivity index (χ2n) is 5.38. The maximum Gasteiger partial charge on any atom is 0.224 e. The molecule has 4 nitrogen and oxygen atoms in total. The summed E-state index contributed by atoms with van der Waals surface area (Å²) in [5.41, 5.74) is 2.24. The van der Waals surface area contributed by atoms with Gasteiger partial charge in [0.1, 0.15) is 5.82 Å². The van der Waals surface area contributed by atoms with Crippen LogP contribution in [0.4, 0.5) is 10.2 Å². The van der Waals surface area contributed by atoms with Gasteiger partial charge in [0.25, 0.3) is 0 Å². The van der Waals surface area contributed by atoms with Crippen molar-refractivity contribution >= 4 is 16.7 Å². The van der Waals surface area contributed by atoms with E-state index in [1.54, 1.807) is 6.07 Å². The van der Waals surface area contributed by atoms with Crippen LogP contribution in [0.15, 0.2) is 42.5 Å². The minimum atomic E-state index is -0.449. The fourth-order valence-corrected chi connectivity index (χ4v) is 2.81. The number of ether oxygens (including phenoxy) is 1. The molecule has 1 saturated heterocycles. The minimum Gasteiger partial charge on any atom is -0.378 e. The van der Waals surface area contributed by atoms with Crippen LogP contribution >= 0.6 is 0 Å². The Morgan fingerprint density at radius 2 is 1.91 bits per heavy atom. The lowest BCUT2D eigenvalue weighted by Crippen LogP contribution is -2.36. The Kier molecular flexibility index (Phi) is 3.27. The highest BCUT2D eigenvalue weighted by molar-refractivity contribution is 5.85.